The summed E-state index contributed by atoms with van der Waals surface area (Å²) in [6, 6.07) is 0. The second-order valence-electron chi connectivity index (χ2n) is 3.32. The Morgan fingerprint density at radius 1 is 1.22 bits per heavy atom. The fourth-order valence-corrected chi connectivity index (χ4v) is 2.13. The SMILES string of the molecule is O=C1C[C@H]2CCCC[C@H]12. The van der Waals surface area contributed by atoms with Gasteiger partial charge >= 0.3 is 0 Å². The molecule has 0 aliphatic heterocycles. The number of hydrogen-bond donors (Lipinski definition) is 0. The quantitative estimate of drug-likeness (QED) is 0.481. The maximum Gasteiger partial charge on any atom is 0.136 e. The summed E-state index contributed by atoms with van der Waals surface area (Å²) in [6.45, 7) is 0. The molecule has 0 spiro atoms. The van der Waals surface area contributed by atoms with Crippen molar-refractivity contribution in [3.63, 3.8) is 0 Å². The summed E-state index contributed by atoms with van der Waals surface area (Å²) >= 11 is 0. The largest absolute Gasteiger partial charge is 0.299 e. The number of Topliss-reactive ketones (excluding diaryl/α,β-unsaturated/α-hetero) is 1. The molecule has 2 fully saturated rings. The Morgan fingerprint density at radius 3 is 2.56 bits per heavy atom. The van der Waals surface area contributed by atoms with Gasteiger partial charge in [0.1, 0.15) is 5.78 Å². The van der Waals surface area contributed by atoms with Crippen LogP contribution in [0.1, 0.15) is 32.1 Å². The van der Waals surface area contributed by atoms with Gasteiger partial charge in [0.2, 0.25) is 0 Å². The molecule has 0 radical (unpaired) electrons. The molecule has 2 rings (SSSR count). The molecular formula is C8H12O. The van der Waals surface area contributed by atoms with E-state index < -0.39 is 0 Å². The van der Waals surface area contributed by atoms with Crippen LogP contribution in [0.5, 0.6) is 0 Å². The van der Waals surface area contributed by atoms with Crippen molar-refractivity contribution in [2.24, 2.45) is 11.8 Å². The van der Waals surface area contributed by atoms with Gasteiger partial charge in [0.15, 0.2) is 0 Å². The van der Waals surface area contributed by atoms with Crippen molar-refractivity contribution in [3.8, 4) is 0 Å². The van der Waals surface area contributed by atoms with Gasteiger partial charge in [-0.2, -0.15) is 0 Å². The monoisotopic (exact) mass is 124 g/mol. The van der Waals surface area contributed by atoms with Gasteiger partial charge in [-0.05, 0) is 18.8 Å². The Kier molecular flexibility index (Phi) is 1.11. The number of ketones is 1. The van der Waals surface area contributed by atoms with Crippen molar-refractivity contribution in [1.29, 1.82) is 0 Å². The van der Waals surface area contributed by atoms with Crippen molar-refractivity contribution in [2.45, 2.75) is 32.1 Å². The van der Waals surface area contributed by atoms with Gasteiger partial charge < -0.3 is 0 Å². The average molecular weight is 124 g/mol. The standard InChI is InChI=1S/C8H12O/c9-8-5-6-3-1-2-4-7(6)8/h6-7H,1-5H2/t6-,7+/m1/s1. The Hall–Kier alpha value is -0.330. The number of carbonyl (C=O) groups excluding carboxylic acids is 1. The number of fused-ring (bicyclic) bond motifs is 1. The van der Waals surface area contributed by atoms with E-state index in [1.54, 1.807) is 0 Å². The third-order valence-electron chi connectivity index (χ3n) is 2.79. The minimum atomic E-state index is 0.513. The molecule has 0 amide bonds. The third kappa shape index (κ3) is 0.707. The van der Waals surface area contributed by atoms with Crippen LogP contribution in [-0.2, 0) is 4.79 Å². The Morgan fingerprint density at radius 2 is 2.00 bits per heavy atom. The highest BCUT2D eigenvalue weighted by Crippen LogP contribution is 2.41. The van der Waals surface area contributed by atoms with Crippen molar-refractivity contribution >= 4 is 5.78 Å². The second kappa shape index (κ2) is 1.83. The van der Waals surface area contributed by atoms with Crippen LogP contribution in [0.25, 0.3) is 0 Å². The molecule has 0 aromatic heterocycles. The van der Waals surface area contributed by atoms with Crippen LogP contribution < -0.4 is 0 Å². The summed E-state index contributed by atoms with van der Waals surface area (Å²) in [5.74, 6) is 1.87. The molecule has 50 valence electrons. The van der Waals surface area contributed by atoms with Crippen molar-refractivity contribution < 1.29 is 4.79 Å². The zero-order valence-electron chi connectivity index (χ0n) is 5.60. The van der Waals surface area contributed by atoms with Crippen molar-refractivity contribution in [3.05, 3.63) is 0 Å². The molecule has 0 aromatic carbocycles. The lowest BCUT2D eigenvalue weighted by Crippen LogP contribution is -2.39. The van der Waals surface area contributed by atoms with Crippen LogP contribution in [0.3, 0.4) is 0 Å². The van der Waals surface area contributed by atoms with E-state index in [4.69, 9.17) is 0 Å². The smallest absolute Gasteiger partial charge is 0.136 e. The Bertz CT molecular complexity index is 140. The molecule has 2 aliphatic rings. The summed E-state index contributed by atoms with van der Waals surface area (Å²) in [4.78, 5) is 10.9. The van der Waals surface area contributed by atoms with Gasteiger partial charge in [-0.25, -0.2) is 0 Å². The predicted octanol–water partition coefficient (Wildman–Crippen LogP) is 1.77. The highest BCUT2D eigenvalue weighted by molar-refractivity contribution is 5.87. The van der Waals surface area contributed by atoms with E-state index in [0.29, 0.717) is 11.7 Å². The third-order valence-corrected chi connectivity index (χ3v) is 2.79. The summed E-state index contributed by atoms with van der Waals surface area (Å²) in [5.41, 5.74) is 0. The molecular weight excluding hydrogens is 112 g/mol. The zero-order valence-corrected chi connectivity index (χ0v) is 5.60. The molecule has 9 heavy (non-hydrogen) atoms. The van der Waals surface area contributed by atoms with Gasteiger partial charge in [-0.15, -0.1) is 0 Å². The molecule has 2 saturated carbocycles. The van der Waals surface area contributed by atoms with E-state index in [-0.39, 0.29) is 0 Å². The van der Waals surface area contributed by atoms with E-state index in [1.165, 1.54) is 25.7 Å². The van der Waals surface area contributed by atoms with Crippen LogP contribution in [0.2, 0.25) is 0 Å². The van der Waals surface area contributed by atoms with Gasteiger partial charge in [0.05, 0.1) is 0 Å². The topological polar surface area (TPSA) is 17.1 Å². The van der Waals surface area contributed by atoms with Crippen LogP contribution in [-0.4, -0.2) is 5.78 Å². The number of hydrogen-bond acceptors (Lipinski definition) is 1. The summed E-state index contributed by atoms with van der Waals surface area (Å²) < 4.78 is 0. The first-order valence-electron chi connectivity index (χ1n) is 3.90. The van der Waals surface area contributed by atoms with Crippen LogP contribution in [0.15, 0.2) is 0 Å². The average Bonchev–Trinajstić information content (AvgIpc) is 1.86. The molecule has 0 heterocycles. The summed E-state index contributed by atoms with van der Waals surface area (Å²) in [7, 11) is 0. The summed E-state index contributed by atoms with van der Waals surface area (Å²) in [5, 5.41) is 0. The molecule has 1 heteroatoms. The van der Waals surface area contributed by atoms with Gasteiger partial charge in [-0.3, -0.25) is 4.79 Å². The molecule has 2 atom stereocenters. The highest BCUT2D eigenvalue weighted by atomic mass is 16.1. The second-order valence-corrected chi connectivity index (χ2v) is 3.32. The van der Waals surface area contributed by atoms with Gasteiger partial charge in [0.25, 0.3) is 0 Å². The predicted molar refractivity (Wildman–Crippen MR) is 35.1 cm³/mol. The molecule has 0 aromatic rings. The fraction of sp³-hybridized carbons (Fsp3) is 0.875. The van der Waals surface area contributed by atoms with E-state index in [2.05, 4.69) is 0 Å². The number of carbonyl (C=O) groups is 1. The molecule has 1 nitrogen and oxygen atoms in total. The van der Waals surface area contributed by atoms with Crippen molar-refractivity contribution in [2.75, 3.05) is 0 Å². The molecule has 0 saturated heterocycles. The Balaban J connectivity index is 2.01. The van der Waals surface area contributed by atoms with E-state index >= 15 is 0 Å². The van der Waals surface area contributed by atoms with Gasteiger partial charge in [0, 0.05) is 12.3 Å². The van der Waals surface area contributed by atoms with Crippen molar-refractivity contribution in [1.82, 2.24) is 0 Å². The lowest BCUT2D eigenvalue weighted by molar-refractivity contribution is -0.136. The first kappa shape index (κ1) is 5.45. The highest BCUT2D eigenvalue weighted by Gasteiger charge is 2.40. The lowest BCUT2D eigenvalue weighted by Gasteiger charge is -2.38. The van der Waals surface area contributed by atoms with E-state index in [1.807, 2.05) is 0 Å². The van der Waals surface area contributed by atoms with E-state index in [0.717, 1.165) is 12.3 Å². The normalized spacial score (nSPS) is 41.6. The molecule has 0 unspecified atom stereocenters. The molecule has 0 bridgehead atoms. The minimum Gasteiger partial charge on any atom is -0.299 e. The fourth-order valence-electron chi connectivity index (χ4n) is 2.13. The zero-order chi connectivity index (χ0) is 6.27. The number of rotatable bonds is 0. The first-order valence-corrected chi connectivity index (χ1v) is 3.90. The first-order chi connectivity index (χ1) is 4.38. The summed E-state index contributed by atoms with van der Waals surface area (Å²) in [6.07, 6.45) is 6.10. The van der Waals surface area contributed by atoms with Crippen LogP contribution in [0, 0.1) is 11.8 Å². The lowest BCUT2D eigenvalue weighted by atomic mass is 9.65. The molecule has 2 aliphatic carbocycles. The maximum absolute atomic E-state index is 10.9. The Labute approximate surface area is 55.4 Å². The molecule has 0 N–H and O–H groups in total. The van der Waals surface area contributed by atoms with E-state index in [9.17, 15) is 4.79 Å². The van der Waals surface area contributed by atoms with Crippen LogP contribution in [0.4, 0.5) is 0 Å². The van der Waals surface area contributed by atoms with Gasteiger partial charge in [-0.1, -0.05) is 12.8 Å². The van der Waals surface area contributed by atoms with Crippen LogP contribution >= 0.6 is 0 Å². The minimum absolute atomic E-state index is 0.513. The maximum atomic E-state index is 10.9.